The Bertz CT molecular complexity index is 608. The molecule has 0 spiro atoms. The van der Waals surface area contributed by atoms with Gasteiger partial charge in [0.15, 0.2) is 0 Å². The van der Waals surface area contributed by atoms with E-state index in [9.17, 15) is 14.9 Å². The normalized spacial score (nSPS) is 21.5. The second-order valence-electron chi connectivity index (χ2n) is 4.87. The molecule has 1 aliphatic heterocycles. The zero-order valence-corrected chi connectivity index (χ0v) is 10.8. The number of anilines is 1. The molecule has 1 fully saturated rings. The van der Waals surface area contributed by atoms with E-state index in [0.717, 1.165) is 0 Å². The molecule has 0 aromatic heterocycles. The molecule has 1 aliphatic rings. The fourth-order valence-corrected chi connectivity index (χ4v) is 2.55. The van der Waals surface area contributed by atoms with Crippen molar-refractivity contribution in [3.8, 4) is 6.07 Å². The summed E-state index contributed by atoms with van der Waals surface area (Å²) in [4.78, 5) is 23.4. The molecule has 0 unspecified atom stereocenters. The van der Waals surface area contributed by atoms with E-state index in [1.165, 1.54) is 6.07 Å². The van der Waals surface area contributed by atoms with E-state index in [0.29, 0.717) is 12.2 Å². The first-order valence-corrected chi connectivity index (χ1v) is 6.11. The molecule has 0 aliphatic carbocycles. The predicted molar refractivity (Wildman–Crippen MR) is 70.3 cm³/mol. The molecule has 1 aromatic carbocycles. The third-order valence-electron chi connectivity index (χ3n) is 3.59. The summed E-state index contributed by atoms with van der Waals surface area (Å²) < 4.78 is 0. The number of carboxylic acids is 1. The van der Waals surface area contributed by atoms with Crippen LogP contribution in [-0.2, 0) is 4.79 Å². The van der Waals surface area contributed by atoms with E-state index in [2.05, 4.69) is 0 Å². The summed E-state index contributed by atoms with van der Waals surface area (Å²) in [6, 6.07) is 6.31. The third-order valence-corrected chi connectivity index (χ3v) is 3.59. The zero-order chi connectivity index (χ0) is 14.9. The summed E-state index contributed by atoms with van der Waals surface area (Å²) in [7, 11) is 0. The van der Waals surface area contributed by atoms with E-state index >= 15 is 0 Å². The van der Waals surface area contributed by atoms with Gasteiger partial charge in [-0.3, -0.25) is 14.9 Å². The fraction of sp³-hybridized carbons (Fsp3) is 0.385. The number of hydrogen-bond donors (Lipinski definition) is 1. The van der Waals surface area contributed by atoms with Crippen molar-refractivity contribution in [2.24, 2.45) is 11.8 Å². The van der Waals surface area contributed by atoms with Gasteiger partial charge in [-0.05, 0) is 18.1 Å². The molecule has 104 valence electrons. The van der Waals surface area contributed by atoms with Gasteiger partial charge in [0.25, 0.3) is 0 Å². The summed E-state index contributed by atoms with van der Waals surface area (Å²) in [6.07, 6.45) is 0. The lowest BCUT2D eigenvalue weighted by Crippen LogP contribution is -2.23. The maximum Gasteiger partial charge on any atom is 0.310 e. The quantitative estimate of drug-likeness (QED) is 0.663. The number of nitro groups is 1. The van der Waals surface area contributed by atoms with Gasteiger partial charge in [0.1, 0.15) is 17.3 Å². The Labute approximate surface area is 115 Å². The molecule has 0 saturated carbocycles. The van der Waals surface area contributed by atoms with Crippen molar-refractivity contribution in [3.63, 3.8) is 0 Å². The first-order valence-electron chi connectivity index (χ1n) is 6.11. The second kappa shape index (κ2) is 5.17. The van der Waals surface area contributed by atoms with Crippen molar-refractivity contribution in [2.45, 2.75) is 6.92 Å². The van der Waals surface area contributed by atoms with Crippen molar-refractivity contribution in [3.05, 3.63) is 33.9 Å². The minimum absolute atomic E-state index is 0.0149. The van der Waals surface area contributed by atoms with Crippen LogP contribution in [0.5, 0.6) is 0 Å². The van der Waals surface area contributed by atoms with Crippen molar-refractivity contribution in [1.29, 1.82) is 5.26 Å². The van der Waals surface area contributed by atoms with Crippen molar-refractivity contribution in [1.82, 2.24) is 0 Å². The van der Waals surface area contributed by atoms with E-state index in [-0.39, 0.29) is 23.7 Å². The average molecular weight is 275 g/mol. The highest BCUT2D eigenvalue weighted by molar-refractivity contribution is 5.75. The summed E-state index contributed by atoms with van der Waals surface area (Å²) in [6.45, 7) is 2.44. The first-order chi connectivity index (χ1) is 9.45. The van der Waals surface area contributed by atoms with Gasteiger partial charge in [-0.1, -0.05) is 13.0 Å². The molecule has 7 heteroatoms. The molecule has 1 saturated heterocycles. The molecular weight excluding hydrogens is 262 g/mol. The summed E-state index contributed by atoms with van der Waals surface area (Å²) in [5.41, 5.74) is 0.0387. The van der Waals surface area contributed by atoms with Crippen molar-refractivity contribution >= 4 is 17.3 Å². The molecule has 0 amide bonds. The summed E-state index contributed by atoms with van der Waals surface area (Å²) in [5.74, 6) is -1.56. The number of carboxylic acid groups (broad SMARTS) is 1. The molecule has 0 bridgehead atoms. The number of nitriles is 1. The lowest BCUT2D eigenvalue weighted by atomic mass is 9.99. The number of rotatable bonds is 3. The third kappa shape index (κ3) is 2.28. The van der Waals surface area contributed by atoms with Gasteiger partial charge in [-0.25, -0.2) is 0 Å². The Kier molecular flexibility index (Phi) is 3.57. The Hall–Kier alpha value is -2.62. The molecule has 2 atom stereocenters. The Morgan fingerprint density at radius 3 is 2.75 bits per heavy atom. The van der Waals surface area contributed by atoms with Gasteiger partial charge in [0, 0.05) is 13.1 Å². The maximum atomic E-state index is 11.2. The standard InChI is InChI=1S/C13H13N3O4/c1-8-6-15(7-10(8)13(17)18)11-4-2-3-9(5-14)12(11)16(19)20/h2-4,8,10H,6-7H2,1H3,(H,17,18)/t8-,10-/m1/s1. The first kappa shape index (κ1) is 13.8. The van der Waals surface area contributed by atoms with Crippen LogP contribution in [0, 0.1) is 33.3 Å². The highest BCUT2D eigenvalue weighted by atomic mass is 16.6. The minimum Gasteiger partial charge on any atom is -0.481 e. The van der Waals surface area contributed by atoms with Crippen molar-refractivity contribution in [2.75, 3.05) is 18.0 Å². The lowest BCUT2D eigenvalue weighted by Gasteiger charge is -2.18. The van der Waals surface area contributed by atoms with E-state index < -0.39 is 16.8 Å². The molecule has 1 N–H and O–H groups in total. The number of benzene rings is 1. The number of aliphatic carboxylic acids is 1. The van der Waals surface area contributed by atoms with Crippen LogP contribution in [0.3, 0.4) is 0 Å². The molecule has 20 heavy (non-hydrogen) atoms. The highest BCUT2D eigenvalue weighted by Gasteiger charge is 2.37. The predicted octanol–water partition coefficient (Wildman–Crippen LogP) is 1.62. The second-order valence-corrected chi connectivity index (χ2v) is 4.87. The SMILES string of the molecule is C[C@@H]1CN(c2cccc(C#N)c2[N+](=O)[O-])C[C@H]1C(=O)O. The van der Waals surface area contributed by atoms with E-state index in [1.54, 1.807) is 30.0 Å². The van der Waals surface area contributed by atoms with Crippen LogP contribution in [-0.4, -0.2) is 29.1 Å². The zero-order valence-electron chi connectivity index (χ0n) is 10.8. The van der Waals surface area contributed by atoms with Crippen LogP contribution < -0.4 is 4.90 Å². The Morgan fingerprint density at radius 2 is 2.25 bits per heavy atom. The number of nitrogens with zero attached hydrogens (tertiary/aromatic N) is 3. The van der Waals surface area contributed by atoms with Gasteiger partial charge in [0.05, 0.1) is 10.8 Å². The van der Waals surface area contributed by atoms with Gasteiger partial charge in [-0.15, -0.1) is 0 Å². The molecule has 0 radical (unpaired) electrons. The summed E-state index contributed by atoms with van der Waals surface area (Å²) >= 11 is 0. The van der Waals surface area contributed by atoms with Crippen LogP contribution in [0.25, 0.3) is 0 Å². The monoisotopic (exact) mass is 275 g/mol. The molecular formula is C13H13N3O4. The maximum absolute atomic E-state index is 11.2. The number of hydrogen-bond acceptors (Lipinski definition) is 5. The topological polar surface area (TPSA) is 107 Å². The summed E-state index contributed by atoms with van der Waals surface area (Å²) in [5, 5.41) is 29.2. The van der Waals surface area contributed by atoms with Crippen LogP contribution in [0.15, 0.2) is 18.2 Å². The van der Waals surface area contributed by atoms with Gasteiger partial charge < -0.3 is 10.0 Å². The highest BCUT2D eigenvalue weighted by Crippen LogP contribution is 2.36. The fourth-order valence-electron chi connectivity index (χ4n) is 2.55. The number of para-hydroxylation sites is 1. The number of nitro benzene ring substituents is 1. The van der Waals surface area contributed by atoms with Crippen molar-refractivity contribution < 1.29 is 14.8 Å². The van der Waals surface area contributed by atoms with Crippen LogP contribution >= 0.6 is 0 Å². The van der Waals surface area contributed by atoms with E-state index in [4.69, 9.17) is 10.4 Å². The lowest BCUT2D eigenvalue weighted by molar-refractivity contribution is -0.384. The van der Waals surface area contributed by atoms with E-state index in [1.807, 2.05) is 0 Å². The van der Waals surface area contributed by atoms with Gasteiger partial charge >= 0.3 is 11.7 Å². The molecule has 7 nitrogen and oxygen atoms in total. The van der Waals surface area contributed by atoms with Gasteiger partial charge in [0.2, 0.25) is 0 Å². The molecule has 1 aromatic rings. The van der Waals surface area contributed by atoms with Crippen LogP contribution in [0.1, 0.15) is 12.5 Å². The minimum atomic E-state index is -0.904. The average Bonchev–Trinajstić information content (AvgIpc) is 2.79. The largest absolute Gasteiger partial charge is 0.481 e. The Morgan fingerprint density at radius 1 is 1.55 bits per heavy atom. The number of carbonyl (C=O) groups is 1. The Balaban J connectivity index is 2.43. The molecule has 2 rings (SSSR count). The van der Waals surface area contributed by atoms with Gasteiger partial charge in [-0.2, -0.15) is 5.26 Å². The smallest absolute Gasteiger partial charge is 0.310 e. The molecule has 1 heterocycles. The van der Waals surface area contributed by atoms with Crippen LogP contribution in [0.4, 0.5) is 11.4 Å². The van der Waals surface area contributed by atoms with Crippen LogP contribution in [0.2, 0.25) is 0 Å².